The van der Waals surface area contributed by atoms with Crippen molar-refractivity contribution in [3.8, 4) is 0 Å². The number of urea groups is 1. The van der Waals surface area contributed by atoms with E-state index >= 15 is 0 Å². The average Bonchev–Trinajstić information content (AvgIpc) is 2.92. The Hall–Kier alpha value is -2.38. The van der Waals surface area contributed by atoms with Crippen LogP contribution in [0.15, 0.2) is 30.3 Å². The van der Waals surface area contributed by atoms with E-state index in [1.165, 1.54) is 5.56 Å². The van der Waals surface area contributed by atoms with Gasteiger partial charge in [0.25, 0.3) is 0 Å². The van der Waals surface area contributed by atoms with Crippen LogP contribution in [0.25, 0.3) is 0 Å². The second-order valence-corrected chi connectivity index (χ2v) is 7.85. The molecule has 2 aromatic rings. The molecule has 28 heavy (non-hydrogen) atoms. The Morgan fingerprint density at radius 2 is 1.82 bits per heavy atom. The molecule has 1 aromatic carbocycles. The molecule has 1 fully saturated rings. The van der Waals surface area contributed by atoms with Gasteiger partial charge in [-0.1, -0.05) is 24.3 Å². The van der Waals surface area contributed by atoms with Crippen LogP contribution < -0.4 is 5.32 Å². The number of carbonyl (C=O) groups excluding carboxylic acids is 1. The summed E-state index contributed by atoms with van der Waals surface area (Å²) in [4.78, 5) is 16.5. The fourth-order valence-electron chi connectivity index (χ4n) is 3.70. The second-order valence-electron chi connectivity index (χ2n) is 7.85. The number of aryl methyl sites for hydroxylation is 2. The Kier molecular flexibility index (Phi) is 6.36. The molecule has 1 aliphatic rings. The zero-order valence-corrected chi connectivity index (χ0v) is 17.5. The van der Waals surface area contributed by atoms with Crippen molar-refractivity contribution < 1.29 is 9.53 Å². The lowest BCUT2D eigenvalue weighted by atomic mass is 10.1. The van der Waals surface area contributed by atoms with Gasteiger partial charge in [0.05, 0.1) is 17.9 Å². The Morgan fingerprint density at radius 1 is 1.21 bits per heavy atom. The summed E-state index contributed by atoms with van der Waals surface area (Å²) in [7, 11) is 3.61. The Morgan fingerprint density at radius 3 is 2.39 bits per heavy atom. The molecule has 7 heteroatoms. The molecular weight excluding hydrogens is 354 g/mol. The van der Waals surface area contributed by atoms with Gasteiger partial charge < -0.3 is 9.64 Å². The van der Waals surface area contributed by atoms with Crippen LogP contribution in [0, 0.1) is 6.92 Å². The van der Waals surface area contributed by atoms with Crippen LogP contribution in [0.5, 0.6) is 0 Å². The Bertz CT molecular complexity index is 792. The number of hydrogen-bond acceptors (Lipinski definition) is 4. The van der Waals surface area contributed by atoms with Crippen molar-refractivity contribution in [3.63, 3.8) is 0 Å². The number of nitrogens with zero attached hydrogens (tertiary/aromatic N) is 4. The fourth-order valence-corrected chi connectivity index (χ4v) is 3.70. The highest BCUT2D eigenvalue weighted by Gasteiger charge is 2.22. The third-order valence-electron chi connectivity index (χ3n) is 4.93. The van der Waals surface area contributed by atoms with E-state index in [0.29, 0.717) is 12.4 Å². The molecule has 152 valence electrons. The highest BCUT2D eigenvalue weighted by Crippen LogP contribution is 2.16. The fraction of sp³-hybridized carbons (Fsp3) is 0.524. The van der Waals surface area contributed by atoms with Crippen molar-refractivity contribution >= 4 is 11.8 Å². The Balaban J connectivity index is 1.53. The van der Waals surface area contributed by atoms with E-state index < -0.39 is 0 Å². The SMILES string of the molecule is Cc1cc(NC(=O)N(C)Cc2ccc(CN3C[C@@H](C)O[C@@H](C)C3)cc2)n(C)n1. The van der Waals surface area contributed by atoms with Crippen LogP contribution in [0.3, 0.4) is 0 Å². The topological polar surface area (TPSA) is 62.6 Å². The van der Waals surface area contributed by atoms with Crippen molar-refractivity contribution in [3.05, 3.63) is 47.2 Å². The summed E-state index contributed by atoms with van der Waals surface area (Å²) in [6.07, 6.45) is 0.553. The molecule has 1 aromatic heterocycles. The largest absolute Gasteiger partial charge is 0.373 e. The maximum Gasteiger partial charge on any atom is 0.323 e. The van der Waals surface area contributed by atoms with Crippen LogP contribution in [-0.4, -0.2) is 58.0 Å². The molecule has 0 bridgehead atoms. The van der Waals surface area contributed by atoms with Crippen molar-refractivity contribution in [2.75, 3.05) is 25.5 Å². The molecule has 0 unspecified atom stereocenters. The van der Waals surface area contributed by atoms with E-state index in [4.69, 9.17) is 4.74 Å². The van der Waals surface area contributed by atoms with Gasteiger partial charge in [0.2, 0.25) is 0 Å². The van der Waals surface area contributed by atoms with Gasteiger partial charge in [0.1, 0.15) is 5.82 Å². The molecule has 0 spiro atoms. The quantitative estimate of drug-likeness (QED) is 0.859. The highest BCUT2D eigenvalue weighted by molar-refractivity contribution is 5.88. The first-order valence-electron chi connectivity index (χ1n) is 9.78. The van der Waals surface area contributed by atoms with Crippen molar-refractivity contribution in [1.29, 1.82) is 0 Å². The number of nitrogens with one attached hydrogen (secondary N) is 1. The maximum atomic E-state index is 12.4. The number of carbonyl (C=O) groups is 1. The van der Waals surface area contributed by atoms with Crippen LogP contribution in [0.4, 0.5) is 10.6 Å². The van der Waals surface area contributed by atoms with Crippen LogP contribution in [-0.2, 0) is 24.9 Å². The number of rotatable bonds is 5. The average molecular weight is 386 g/mol. The minimum absolute atomic E-state index is 0.150. The molecule has 2 amide bonds. The molecule has 1 aliphatic heterocycles. The van der Waals surface area contributed by atoms with Crippen molar-refractivity contribution in [2.45, 2.75) is 46.1 Å². The predicted octanol–water partition coefficient (Wildman–Crippen LogP) is 3.00. The van der Waals surface area contributed by atoms with Crippen LogP contribution in [0.1, 0.15) is 30.7 Å². The number of amides is 2. The lowest BCUT2D eigenvalue weighted by Gasteiger charge is -2.35. The van der Waals surface area contributed by atoms with Gasteiger partial charge in [-0.3, -0.25) is 14.9 Å². The van der Waals surface area contributed by atoms with Gasteiger partial charge in [0, 0.05) is 46.3 Å². The summed E-state index contributed by atoms with van der Waals surface area (Å²) in [5.74, 6) is 0.693. The summed E-state index contributed by atoms with van der Waals surface area (Å²) in [6.45, 7) is 9.55. The molecule has 1 saturated heterocycles. The summed E-state index contributed by atoms with van der Waals surface area (Å²) in [5.41, 5.74) is 3.26. The molecule has 0 saturated carbocycles. The van der Waals surface area contributed by atoms with Gasteiger partial charge in [-0.25, -0.2) is 4.79 Å². The molecule has 0 radical (unpaired) electrons. The van der Waals surface area contributed by atoms with Gasteiger partial charge in [-0.05, 0) is 31.9 Å². The minimum atomic E-state index is -0.150. The lowest BCUT2D eigenvalue weighted by molar-refractivity contribution is -0.0704. The summed E-state index contributed by atoms with van der Waals surface area (Å²) in [5, 5.41) is 7.14. The monoisotopic (exact) mass is 385 g/mol. The molecule has 1 N–H and O–H groups in total. The number of anilines is 1. The molecule has 7 nitrogen and oxygen atoms in total. The summed E-state index contributed by atoms with van der Waals surface area (Å²) < 4.78 is 7.47. The normalized spacial score (nSPS) is 20.2. The number of hydrogen-bond donors (Lipinski definition) is 1. The van der Waals surface area contributed by atoms with Crippen molar-refractivity contribution in [2.24, 2.45) is 7.05 Å². The zero-order chi connectivity index (χ0) is 20.3. The summed E-state index contributed by atoms with van der Waals surface area (Å²) >= 11 is 0. The van der Waals surface area contributed by atoms with Crippen LogP contribution in [0.2, 0.25) is 0 Å². The molecule has 0 aliphatic carbocycles. The van der Waals surface area contributed by atoms with E-state index in [9.17, 15) is 4.79 Å². The van der Waals surface area contributed by atoms with Gasteiger partial charge in [0.15, 0.2) is 0 Å². The second kappa shape index (κ2) is 8.75. The molecule has 2 heterocycles. The lowest BCUT2D eigenvalue weighted by Crippen LogP contribution is -2.44. The van der Waals surface area contributed by atoms with Crippen molar-refractivity contribution in [1.82, 2.24) is 19.6 Å². The van der Waals surface area contributed by atoms with E-state index in [1.54, 1.807) is 16.6 Å². The predicted molar refractivity (Wildman–Crippen MR) is 110 cm³/mol. The van der Waals surface area contributed by atoms with E-state index in [0.717, 1.165) is 30.9 Å². The number of benzene rings is 1. The highest BCUT2D eigenvalue weighted by atomic mass is 16.5. The minimum Gasteiger partial charge on any atom is -0.373 e. The number of morpholine rings is 1. The van der Waals surface area contributed by atoms with Gasteiger partial charge >= 0.3 is 6.03 Å². The Labute approximate surface area is 167 Å². The first-order valence-corrected chi connectivity index (χ1v) is 9.78. The van der Waals surface area contributed by atoms with Gasteiger partial charge in [-0.15, -0.1) is 0 Å². The molecule has 2 atom stereocenters. The van der Waals surface area contributed by atoms with E-state index in [1.807, 2.05) is 20.0 Å². The third-order valence-corrected chi connectivity index (χ3v) is 4.93. The summed E-state index contributed by atoms with van der Waals surface area (Å²) in [6, 6.07) is 10.2. The first-order chi connectivity index (χ1) is 13.3. The number of aromatic nitrogens is 2. The third kappa shape index (κ3) is 5.33. The smallest absolute Gasteiger partial charge is 0.323 e. The van der Waals surface area contributed by atoms with Gasteiger partial charge in [-0.2, -0.15) is 5.10 Å². The zero-order valence-electron chi connectivity index (χ0n) is 17.5. The standard InChI is InChI=1S/C21H31N5O2/c1-15-10-20(25(5)23-15)22-21(27)24(4)13-18-6-8-19(9-7-18)14-26-11-16(2)28-17(3)12-26/h6-10,16-17H,11-14H2,1-5H3,(H,22,27)/t16-,17+. The molecule has 3 rings (SSSR count). The molecular formula is C21H31N5O2. The van der Waals surface area contributed by atoms with E-state index in [-0.39, 0.29) is 18.2 Å². The maximum absolute atomic E-state index is 12.4. The number of ether oxygens (including phenoxy) is 1. The van der Waals surface area contributed by atoms with E-state index in [2.05, 4.69) is 53.4 Å². The van der Waals surface area contributed by atoms with Crippen LogP contribution >= 0.6 is 0 Å². The first kappa shape index (κ1) is 20.4.